The van der Waals surface area contributed by atoms with Crippen LogP contribution in [-0.2, 0) is 0 Å². The summed E-state index contributed by atoms with van der Waals surface area (Å²) in [6.45, 7) is 0. The van der Waals surface area contributed by atoms with E-state index in [0.717, 1.165) is 54.9 Å². The SMILES string of the molecule is [2H]c1c(-n2c3ccccc3c3ccccc32)c([2H])c2c(sc3c([2H])c([2H])c(-n4c5ccccc5c5ccccc54)c([2H])c32)c1[2H]. The average Bonchev–Trinajstić information content (AvgIpc) is 3.73. The molecule has 0 atom stereocenters. The molecule has 3 aromatic heterocycles. The standard InChI is InChI=1S/C36H22N2S/c1-5-13-31-25(9-1)26-10-2-6-14-32(26)37(31)23-17-19-35-29(21-23)30-22-24(18-20-36(30)39-35)38-33-15-7-3-11-27(33)28-12-4-8-16-34(28)38/h1-22H/i17D,18D,19D,20D,21D,22D. The van der Waals surface area contributed by atoms with Crippen LogP contribution in [0.5, 0.6) is 0 Å². The largest absolute Gasteiger partial charge is 0.309 e. The lowest BCUT2D eigenvalue weighted by atomic mass is 10.1. The van der Waals surface area contributed by atoms with Crippen LogP contribution in [0.1, 0.15) is 8.22 Å². The highest BCUT2D eigenvalue weighted by atomic mass is 32.1. The Morgan fingerprint density at radius 3 is 1.10 bits per heavy atom. The zero-order chi connectivity index (χ0) is 30.7. The number of hydrogen-bond donors (Lipinski definition) is 0. The van der Waals surface area contributed by atoms with Crippen molar-refractivity contribution in [1.29, 1.82) is 0 Å². The highest BCUT2D eigenvalue weighted by molar-refractivity contribution is 7.25. The predicted molar refractivity (Wildman–Crippen MR) is 168 cm³/mol. The minimum absolute atomic E-state index is 0.0301. The van der Waals surface area contributed by atoms with Crippen molar-refractivity contribution in [3.05, 3.63) is 133 Å². The number of rotatable bonds is 2. The van der Waals surface area contributed by atoms with Crippen molar-refractivity contribution in [3.63, 3.8) is 0 Å². The Kier molecular flexibility index (Phi) is 3.25. The molecule has 0 unspecified atom stereocenters. The lowest BCUT2D eigenvalue weighted by molar-refractivity contribution is 1.18. The predicted octanol–water partition coefficient (Wildman–Crippen LogP) is 10.2. The van der Waals surface area contributed by atoms with Crippen LogP contribution in [0, 0.1) is 0 Å². The molecule has 0 radical (unpaired) electrons. The molecular weight excluding hydrogens is 492 g/mol. The van der Waals surface area contributed by atoms with Gasteiger partial charge in [0.25, 0.3) is 0 Å². The molecule has 182 valence electrons. The Balaban J connectivity index is 1.47. The Labute approximate surface area is 237 Å². The van der Waals surface area contributed by atoms with Gasteiger partial charge in [0, 0.05) is 53.1 Å². The molecule has 0 N–H and O–H groups in total. The smallest absolute Gasteiger partial charge is 0.0652 e. The van der Waals surface area contributed by atoms with E-state index < -0.39 is 0 Å². The van der Waals surface area contributed by atoms with E-state index >= 15 is 0 Å². The lowest BCUT2D eigenvalue weighted by Gasteiger charge is -2.09. The Bertz CT molecular complexity index is 2440. The first-order chi connectivity index (χ1) is 21.9. The van der Waals surface area contributed by atoms with Gasteiger partial charge in [-0.15, -0.1) is 11.3 Å². The number of benzene rings is 6. The van der Waals surface area contributed by atoms with E-state index in [1.807, 2.05) is 106 Å². The maximum atomic E-state index is 9.61. The van der Waals surface area contributed by atoms with Gasteiger partial charge in [-0.2, -0.15) is 0 Å². The summed E-state index contributed by atoms with van der Waals surface area (Å²) in [5.74, 6) is 0. The van der Waals surface area contributed by atoms with Crippen molar-refractivity contribution < 1.29 is 8.22 Å². The second-order valence-electron chi connectivity index (χ2n) is 9.70. The van der Waals surface area contributed by atoms with E-state index in [1.54, 1.807) is 0 Å². The molecule has 0 aliphatic carbocycles. The fraction of sp³-hybridized carbons (Fsp3) is 0. The molecular formula is C36H22N2S. The molecule has 39 heavy (non-hydrogen) atoms. The number of fused-ring (bicyclic) bond motifs is 9. The van der Waals surface area contributed by atoms with E-state index in [9.17, 15) is 2.74 Å². The van der Waals surface area contributed by atoms with Gasteiger partial charge in [-0.3, -0.25) is 0 Å². The van der Waals surface area contributed by atoms with Crippen molar-refractivity contribution in [3.8, 4) is 11.4 Å². The van der Waals surface area contributed by atoms with Crippen molar-refractivity contribution in [2.24, 2.45) is 0 Å². The Morgan fingerprint density at radius 1 is 0.410 bits per heavy atom. The van der Waals surface area contributed by atoms with Gasteiger partial charge in [-0.25, -0.2) is 0 Å². The molecule has 2 nitrogen and oxygen atoms in total. The van der Waals surface area contributed by atoms with Crippen LogP contribution in [-0.4, -0.2) is 9.13 Å². The van der Waals surface area contributed by atoms with Crippen LogP contribution in [0.2, 0.25) is 0 Å². The summed E-state index contributed by atoms with van der Waals surface area (Å²) in [5.41, 5.74) is 3.83. The molecule has 0 aliphatic heterocycles. The average molecular weight is 521 g/mol. The first kappa shape index (κ1) is 16.2. The quantitative estimate of drug-likeness (QED) is 0.215. The van der Waals surface area contributed by atoms with E-state index in [1.165, 1.54) is 0 Å². The second-order valence-corrected chi connectivity index (χ2v) is 10.7. The third kappa shape index (κ3) is 2.91. The normalized spacial score (nSPS) is 14.3. The van der Waals surface area contributed by atoms with Crippen LogP contribution in [0.3, 0.4) is 0 Å². The fourth-order valence-corrected chi connectivity index (χ4v) is 6.85. The number of para-hydroxylation sites is 4. The van der Waals surface area contributed by atoms with Gasteiger partial charge >= 0.3 is 0 Å². The van der Waals surface area contributed by atoms with E-state index in [0.29, 0.717) is 20.2 Å². The highest BCUT2D eigenvalue weighted by Crippen LogP contribution is 2.40. The van der Waals surface area contributed by atoms with Crippen molar-refractivity contribution in [1.82, 2.24) is 9.13 Å². The Morgan fingerprint density at radius 2 is 0.744 bits per heavy atom. The monoisotopic (exact) mass is 520 g/mol. The molecule has 0 amide bonds. The second kappa shape index (κ2) is 7.83. The maximum Gasteiger partial charge on any atom is 0.0652 e. The molecule has 0 saturated carbocycles. The van der Waals surface area contributed by atoms with Crippen LogP contribution in [0.15, 0.2) is 133 Å². The molecule has 0 aliphatic rings. The van der Waals surface area contributed by atoms with Gasteiger partial charge in [0.15, 0.2) is 0 Å². The molecule has 9 rings (SSSR count). The van der Waals surface area contributed by atoms with Crippen molar-refractivity contribution in [2.45, 2.75) is 0 Å². The van der Waals surface area contributed by atoms with Crippen LogP contribution < -0.4 is 0 Å². The lowest BCUT2D eigenvalue weighted by Crippen LogP contribution is -1.94. The van der Waals surface area contributed by atoms with Crippen molar-refractivity contribution in [2.75, 3.05) is 0 Å². The van der Waals surface area contributed by atoms with Gasteiger partial charge in [0.1, 0.15) is 0 Å². The molecule has 6 aromatic carbocycles. The third-order valence-corrected chi connectivity index (χ3v) is 8.61. The van der Waals surface area contributed by atoms with Gasteiger partial charge in [0.05, 0.1) is 30.3 Å². The summed E-state index contributed by atoms with van der Waals surface area (Å²) < 4.78 is 60.3. The molecule has 0 spiro atoms. The molecule has 0 saturated heterocycles. The summed E-state index contributed by atoms with van der Waals surface area (Å²) >= 11 is 1.12. The topological polar surface area (TPSA) is 9.86 Å². The highest BCUT2D eigenvalue weighted by Gasteiger charge is 2.15. The zero-order valence-electron chi connectivity index (χ0n) is 26.5. The number of aromatic nitrogens is 2. The molecule has 9 aromatic rings. The van der Waals surface area contributed by atoms with Gasteiger partial charge in [-0.1, -0.05) is 72.8 Å². The molecule has 3 heterocycles. The number of thiophene rings is 1. The number of hydrogen-bond acceptors (Lipinski definition) is 1. The van der Waals surface area contributed by atoms with Crippen molar-refractivity contribution >= 4 is 75.1 Å². The summed E-state index contributed by atoms with van der Waals surface area (Å²) in [6.07, 6.45) is 0. The summed E-state index contributed by atoms with van der Waals surface area (Å²) in [4.78, 5) is 0. The van der Waals surface area contributed by atoms with Crippen LogP contribution in [0.4, 0.5) is 0 Å². The van der Waals surface area contributed by atoms with Crippen LogP contribution in [0.25, 0.3) is 75.2 Å². The molecule has 3 heteroatoms. The summed E-state index contributed by atoms with van der Waals surface area (Å²) in [5, 5.41) is 4.67. The van der Waals surface area contributed by atoms with Gasteiger partial charge in [0.2, 0.25) is 0 Å². The molecule has 0 bridgehead atoms. The minimum atomic E-state index is -0.0858. The minimum Gasteiger partial charge on any atom is -0.309 e. The van der Waals surface area contributed by atoms with E-state index in [-0.39, 0.29) is 47.6 Å². The maximum absolute atomic E-state index is 9.61. The first-order valence-corrected chi connectivity index (χ1v) is 13.6. The number of nitrogens with zero attached hydrogens (tertiary/aromatic N) is 2. The van der Waals surface area contributed by atoms with Gasteiger partial charge in [-0.05, 0) is 60.5 Å². The summed E-state index contributed by atoms with van der Waals surface area (Å²) in [7, 11) is 0. The van der Waals surface area contributed by atoms with Gasteiger partial charge < -0.3 is 9.13 Å². The van der Waals surface area contributed by atoms with E-state index in [2.05, 4.69) is 0 Å². The van der Waals surface area contributed by atoms with Crippen LogP contribution >= 0.6 is 11.3 Å². The zero-order valence-corrected chi connectivity index (χ0v) is 21.4. The first-order valence-electron chi connectivity index (χ1n) is 15.8. The summed E-state index contributed by atoms with van der Waals surface area (Å²) in [6, 6.07) is 31.2. The molecule has 0 fully saturated rings. The fourth-order valence-electron chi connectivity index (χ4n) is 5.93. The van der Waals surface area contributed by atoms with E-state index in [4.69, 9.17) is 5.48 Å². The third-order valence-electron chi connectivity index (χ3n) is 7.59. The Hall–Kier alpha value is -4.86.